The first-order valence-corrected chi connectivity index (χ1v) is 22.2. The molecule has 3 heterocycles. The first-order valence-electron chi connectivity index (χ1n) is 20.6. The van der Waals surface area contributed by atoms with Crippen LogP contribution in [0.2, 0.25) is 0 Å². The highest BCUT2D eigenvalue weighted by Crippen LogP contribution is 2.57. The van der Waals surface area contributed by atoms with E-state index in [-0.39, 0.29) is 6.29 Å². The smallest absolute Gasteiger partial charge is 0.203 e. The van der Waals surface area contributed by atoms with E-state index in [1.54, 1.807) is 0 Å². The normalized spacial score (nSPS) is 17.6. The molecule has 286 valence electrons. The molecule has 0 N–H and O–H groups in total. The standard InChI is InChI=1S/C55H38BrN3S/c1-58-53-42-18-8-6-15-37(42)26-29-45(53)52(38-24-22-35(23-25-38)34-12-3-2-4-13-34)57-55(58)59-48-21-10-9-19-43(48)46-32-39(27-30-49(46)59)40-28-31-50-47(33-40)51(56)54(60-50)44-20-11-16-36-14-5-7-17-41(36)44/h2-32,47,55H,33H2,1H3. The second-order valence-electron chi connectivity index (χ2n) is 16.0. The zero-order valence-electron chi connectivity index (χ0n) is 32.9. The van der Waals surface area contributed by atoms with Crippen molar-refractivity contribution in [3.05, 3.63) is 220 Å². The summed E-state index contributed by atoms with van der Waals surface area (Å²) >= 11 is 6.04. The summed E-state index contributed by atoms with van der Waals surface area (Å²) in [6.45, 7) is 0. The van der Waals surface area contributed by atoms with Crippen LogP contribution in [0.25, 0.3) is 65.0 Å². The molecule has 0 saturated heterocycles. The number of hydrogen-bond acceptors (Lipinski definition) is 3. The molecule has 0 fully saturated rings. The van der Waals surface area contributed by atoms with Gasteiger partial charge < -0.3 is 9.47 Å². The van der Waals surface area contributed by atoms with Crippen LogP contribution < -0.4 is 4.90 Å². The van der Waals surface area contributed by atoms with E-state index >= 15 is 0 Å². The number of halogens is 1. The Hall–Kier alpha value is -6.40. The van der Waals surface area contributed by atoms with Crippen LogP contribution in [0, 0.1) is 5.92 Å². The highest BCUT2D eigenvalue weighted by Gasteiger charge is 2.34. The summed E-state index contributed by atoms with van der Waals surface area (Å²) in [5.74, 6) is 0.307. The Bertz CT molecular complexity index is 3350. The number of rotatable bonds is 5. The van der Waals surface area contributed by atoms with Crippen molar-refractivity contribution in [2.45, 2.75) is 12.7 Å². The van der Waals surface area contributed by atoms with Crippen LogP contribution in [0.3, 0.4) is 0 Å². The second-order valence-corrected chi connectivity index (χ2v) is 17.9. The zero-order chi connectivity index (χ0) is 39.9. The lowest BCUT2D eigenvalue weighted by Gasteiger charge is -2.36. The van der Waals surface area contributed by atoms with Crippen molar-refractivity contribution in [2.24, 2.45) is 10.9 Å². The fraction of sp³-hybridized carbons (Fsp3) is 0.0727. The third-order valence-corrected chi connectivity index (χ3v) is 15.2. The number of allylic oxidation sites excluding steroid dienone is 5. The first-order chi connectivity index (χ1) is 29.6. The lowest BCUT2D eigenvalue weighted by molar-refractivity contribution is 0.542. The molecule has 0 bridgehead atoms. The van der Waals surface area contributed by atoms with Gasteiger partial charge in [0.15, 0.2) is 0 Å². The number of hydrogen-bond donors (Lipinski definition) is 0. The van der Waals surface area contributed by atoms with Crippen molar-refractivity contribution in [3.8, 4) is 11.1 Å². The molecule has 2 atom stereocenters. The molecule has 9 aromatic rings. The fourth-order valence-corrected chi connectivity index (χ4v) is 12.0. The first kappa shape index (κ1) is 35.5. The van der Waals surface area contributed by atoms with Crippen molar-refractivity contribution in [1.82, 2.24) is 4.57 Å². The molecule has 3 nitrogen and oxygen atoms in total. The van der Waals surface area contributed by atoms with E-state index in [4.69, 9.17) is 4.99 Å². The molecular formula is C55H38BrN3S. The summed E-state index contributed by atoms with van der Waals surface area (Å²) in [5, 5.41) is 7.50. The van der Waals surface area contributed by atoms with Crippen molar-refractivity contribution in [3.63, 3.8) is 0 Å². The Morgan fingerprint density at radius 3 is 2.03 bits per heavy atom. The SMILES string of the molecule is CN1c2c(ccc3ccccc23)C(c2ccc(-c3ccccc3)cc2)=NC1n1c2ccccc2c2cc(C3=CC=C4SC(c5cccc6ccccc56)=C(Br)C4C3)ccc21. The van der Waals surface area contributed by atoms with Crippen molar-refractivity contribution in [1.29, 1.82) is 0 Å². The van der Waals surface area contributed by atoms with Crippen LogP contribution in [0.1, 0.15) is 35.0 Å². The number of para-hydroxylation sites is 1. The highest BCUT2D eigenvalue weighted by atomic mass is 79.9. The number of benzene rings is 8. The molecule has 0 radical (unpaired) electrons. The minimum Gasteiger partial charge on any atom is -0.334 e. The van der Waals surface area contributed by atoms with Gasteiger partial charge >= 0.3 is 0 Å². The summed E-state index contributed by atoms with van der Waals surface area (Å²) in [4.78, 5) is 10.8. The predicted octanol–water partition coefficient (Wildman–Crippen LogP) is 15.0. The summed E-state index contributed by atoms with van der Waals surface area (Å²) in [5.41, 5.74) is 13.1. The van der Waals surface area contributed by atoms with Gasteiger partial charge in [0.05, 0.1) is 22.4 Å². The summed E-state index contributed by atoms with van der Waals surface area (Å²) in [6, 6.07) is 64.0. The van der Waals surface area contributed by atoms with Crippen LogP contribution >= 0.6 is 27.7 Å². The lowest BCUT2D eigenvalue weighted by Crippen LogP contribution is -2.34. The molecule has 1 aliphatic carbocycles. The molecule has 60 heavy (non-hydrogen) atoms. The molecule has 0 spiro atoms. The number of aromatic nitrogens is 1. The maximum atomic E-state index is 5.71. The maximum Gasteiger partial charge on any atom is 0.203 e. The third-order valence-electron chi connectivity index (χ3n) is 12.7. The number of nitrogens with zero attached hydrogens (tertiary/aromatic N) is 3. The number of thioether (sulfide) groups is 1. The van der Waals surface area contributed by atoms with Crippen LogP contribution in [0.5, 0.6) is 0 Å². The summed E-state index contributed by atoms with van der Waals surface area (Å²) < 4.78 is 3.74. The molecule has 12 rings (SSSR count). The molecule has 0 saturated carbocycles. The van der Waals surface area contributed by atoms with Gasteiger partial charge in [-0.2, -0.15) is 0 Å². The number of aliphatic imine (C=N–C) groups is 1. The van der Waals surface area contributed by atoms with Crippen molar-refractivity contribution >= 4 is 92.9 Å². The molecule has 3 aliphatic rings. The van der Waals surface area contributed by atoms with Crippen LogP contribution in [0.4, 0.5) is 5.69 Å². The van der Waals surface area contributed by atoms with Gasteiger partial charge in [0, 0.05) is 49.6 Å². The van der Waals surface area contributed by atoms with E-state index in [1.807, 2.05) is 11.8 Å². The minimum atomic E-state index is -0.316. The minimum absolute atomic E-state index is 0.307. The van der Waals surface area contributed by atoms with E-state index in [9.17, 15) is 0 Å². The Morgan fingerprint density at radius 2 is 1.20 bits per heavy atom. The highest BCUT2D eigenvalue weighted by molar-refractivity contribution is 9.12. The van der Waals surface area contributed by atoms with E-state index < -0.39 is 0 Å². The van der Waals surface area contributed by atoms with E-state index in [0.29, 0.717) is 5.92 Å². The quantitative estimate of drug-likeness (QED) is 0.172. The molecule has 2 aliphatic heterocycles. The predicted molar refractivity (Wildman–Crippen MR) is 260 cm³/mol. The fourth-order valence-electron chi connectivity index (χ4n) is 9.73. The van der Waals surface area contributed by atoms with Crippen LogP contribution in [0.15, 0.2) is 202 Å². The van der Waals surface area contributed by atoms with Crippen LogP contribution in [-0.2, 0) is 0 Å². The second kappa shape index (κ2) is 14.1. The Balaban J connectivity index is 0.964. The van der Waals surface area contributed by atoms with Crippen LogP contribution in [-0.4, -0.2) is 17.3 Å². The Morgan fingerprint density at radius 1 is 0.550 bits per heavy atom. The van der Waals surface area contributed by atoms with Gasteiger partial charge in [-0.3, -0.25) is 0 Å². The van der Waals surface area contributed by atoms with E-state index in [0.717, 1.165) is 23.3 Å². The average Bonchev–Trinajstić information content (AvgIpc) is 3.82. The van der Waals surface area contributed by atoms with Gasteiger partial charge in [-0.25, -0.2) is 4.99 Å². The topological polar surface area (TPSA) is 20.5 Å². The molecule has 5 heteroatoms. The molecule has 2 unspecified atom stereocenters. The molecule has 1 aromatic heterocycles. The summed E-state index contributed by atoms with van der Waals surface area (Å²) in [7, 11) is 2.21. The molecule has 0 amide bonds. The average molecular weight is 853 g/mol. The Labute approximate surface area is 361 Å². The largest absolute Gasteiger partial charge is 0.334 e. The zero-order valence-corrected chi connectivity index (χ0v) is 35.3. The molecule has 8 aromatic carbocycles. The van der Waals surface area contributed by atoms with Crippen molar-refractivity contribution < 1.29 is 0 Å². The third kappa shape index (κ3) is 5.60. The van der Waals surface area contributed by atoms with Crippen molar-refractivity contribution in [2.75, 3.05) is 11.9 Å². The Kier molecular flexibility index (Phi) is 8.36. The monoisotopic (exact) mass is 851 g/mol. The number of fused-ring (bicyclic) bond motifs is 8. The summed E-state index contributed by atoms with van der Waals surface area (Å²) in [6.07, 6.45) is 5.33. The van der Waals surface area contributed by atoms with Gasteiger partial charge in [0.1, 0.15) is 0 Å². The van der Waals surface area contributed by atoms with Gasteiger partial charge in [-0.05, 0) is 73.5 Å². The van der Waals surface area contributed by atoms with E-state index in [2.05, 4.69) is 221 Å². The maximum absolute atomic E-state index is 5.71. The number of anilines is 1. The van der Waals surface area contributed by atoms with Gasteiger partial charge in [-0.1, -0.05) is 198 Å². The van der Waals surface area contributed by atoms with Gasteiger partial charge in [-0.15, -0.1) is 0 Å². The molecular weight excluding hydrogens is 815 g/mol. The van der Waals surface area contributed by atoms with Gasteiger partial charge in [0.25, 0.3) is 0 Å². The van der Waals surface area contributed by atoms with E-state index in [1.165, 1.54) is 91.2 Å². The lowest BCUT2D eigenvalue weighted by atomic mass is 9.88. The van der Waals surface area contributed by atoms with Gasteiger partial charge in [0.2, 0.25) is 6.29 Å².